The second-order valence-electron chi connectivity index (χ2n) is 8.12. The number of carbonyl (C=O) groups is 3. The molecule has 2 heterocycles. The van der Waals surface area contributed by atoms with E-state index in [4.69, 9.17) is 11.6 Å². The summed E-state index contributed by atoms with van der Waals surface area (Å²) in [4.78, 5) is 38.2. The fourth-order valence-electron chi connectivity index (χ4n) is 4.10. The molecule has 2 saturated heterocycles. The molecule has 168 valence electrons. The van der Waals surface area contributed by atoms with Gasteiger partial charge in [-0.3, -0.25) is 19.7 Å². The van der Waals surface area contributed by atoms with Crippen LogP contribution in [0.25, 0.3) is 0 Å². The van der Waals surface area contributed by atoms with Crippen LogP contribution in [0.15, 0.2) is 42.5 Å². The SMILES string of the molecule is O=C1NC(=O)[C@H](Cc2ccc(CCNC(=O)c3cc(Cl)ccc3N3CCCCC3)cc2)S1. The van der Waals surface area contributed by atoms with E-state index in [1.54, 1.807) is 6.07 Å². The first-order valence-corrected chi connectivity index (χ1v) is 12.2. The number of piperidine rings is 1. The van der Waals surface area contributed by atoms with Crippen LogP contribution in [-0.2, 0) is 17.6 Å². The first-order valence-electron chi connectivity index (χ1n) is 10.9. The molecule has 1 atom stereocenters. The van der Waals surface area contributed by atoms with Crippen LogP contribution in [0.5, 0.6) is 0 Å². The molecule has 8 heteroatoms. The van der Waals surface area contributed by atoms with Crippen molar-refractivity contribution in [1.29, 1.82) is 0 Å². The lowest BCUT2D eigenvalue weighted by Crippen LogP contribution is -2.33. The summed E-state index contributed by atoms with van der Waals surface area (Å²) < 4.78 is 0. The average Bonchev–Trinajstić information content (AvgIpc) is 3.11. The second kappa shape index (κ2) is 10.4. The Morgan fingerprint density at radius 1 is 1.06 bits per heavy atom. The molecule has 0 aliphatic carbocycles. The van der Waals surface area contributed by atoms with Gasteiger partial charge in [-0.25, -0.2) is 0 Å². The average molecular weight is 472 g/mol. The fraction of sp³-hybridized carbons (Fsp3) is 0.375. The van der Waals surface area contributed by atoms with Crippen molar-refractivity contribution in [3.8, 4) is 0 Å². The molecule has 2 fully saturated rings. The van der Waals surface area contributed by atoms with Gasteiger partial charge in [0.15, 0.2) is 0 Å². The number of benzene rings is 2. The Bertz CT molecular complexity index is 1010. The van der Waals surface area contributed by atoms with E-state index in [0.717, 1.165) is 54.5 Å². The number of anilines is 1. The van der Waals surface area contributed by atoms with Crippen molar-refractivity contribution in [3.05, 3.63) is 64.2 Å². The zero-order valence-electron chi connectivity index (χ0n) is 17.7. The third-order valence-electron chi connectivity index (χ3n) is 5.81. The minimum absolute atomic E-state index is 0.112. The third-order valence-corrected chi connectivity index (χ3v) is 7.03. The minimum Gasteiger partial charge on any atom is -0.371 e. The number of nitrogens with zero attached hydrogens (tertiary/aromatic N) is 1. The molecule has 0 spiro atoms. The number of rotatable bonds is 7. The molecule has 2 aromatic rings. The van der Waals surface area contributed by atoms with Gasteiger partial charge >= 0.3 is 0 Å². The van der Waals surface area contributed by atoms with E-state index in [2.05, 4.69) is 15.5 Å². The maximum Gasteiger partial charge on any atom is 0.286 e. The number of nitrogens with one attached hydrogen (secondary N) is 2. The zero-order chi connectivity index (χ0) is 22.5. The second-order valence-corrected chi connectivity index (χ2v) is 9.73. The van der Waals surface area contributed by atoms with E-state index in [0.29, 0.717) is 30.0 Å². The summed E-state index contributed by atoms with van der Waals surface area (Å²) in [6, 6.07) is 13.5. The molecular formula is C24H26ClN3O3S. The number of hydrogen-bond donors (Lipinski definition) is 2. The number of hydrogen-bond acceptors (Lipinski definition) is 5. The summed E-state index contributed by atoms with van der Waals surface area (Å²) >= 11 is 7.22. The minimum atomic E-state index is -0.362. The molecule has 0 radical (unpaired) electrons. The van der Waals surface area contributed by atoms with Crippen molar-refractivity contribution in [2.75, 3.05) is 24.5 Å². The van der Waals surface area contributed by atoms with Gasteiger partial charge in [0.05, 0.1) is 10.8 Å². The summed E-state index contributed by atoms with van der Waals surface area (Å²) in [7, 11) is 0. The highest BCUT2D eigenvalue weighted by molar-refractivity contribution is 8.15. The van der Waals surface area contributed by atoms with Crippen LogP contribution in [-0.4, -0.2) is 41.9 Å². The van der Waals surface area contributed by atoms with Crippen molar-refractivity contribution in [1.82, 2.24) is 10.6 Å². The fourth-order valence-corrected chi connectivity index (χ4v) is 5.13. The van der Waals surface area contributed by atoms with Crippen molar-refractivity contribution in [3.63, 3.8) is 0 Å². The van der Waals surface area contributed by atoms with Gasteiger partial charge in [0, 0.05) is 30.3 Å². The number of thioether (sulfide) groups is 1. The molecule has 0 saturated carbocycles. The highest BCUT2D eigenvalue weighted by Crippen LogP contribution is 2.27. The highest BCUT2D eigenvalue weighted by atomic mass is 35.5. The normalized spacial score (nSPS) is 18.5. The molecule has 4 rings (SSSR count). The maximum atomic E-state index is 12.9. The summed E-state index contributed by atoms with van der Waals surface area (Å²) in [6.07, 6.45) is 4.73. The first-order chi connectivity index (χ1) is 15.5. The van der Waals surface area contributed by atoms with Gasteiger partial charge in [0.25, 0.3) is 11.1 Å². The lowest BCUT2D eigenvalue weighted by Gasteiger charge is -2.30. The predicted octanol–water partition coefficient (Wildman–Crippen LogP) is 4.20. The van der Waals surface area contributed by atoms with Gasteiger partial charge in [0.2, 0.25) is 5.91 Å². The summed E-state index contributed by atoms with van der Waals surface area (Å²) in [5.74, 6) is -0.338. The van der Waals surface area contributed by atoms with E-state index >= 15 is 0 Å². The smallest absolute Gasteiger partial charge is 0.286 e. The van der Waals surface area contributed by atoms with E-state index in [1.165, 1.54) is 6.42 Å². The van der Waals surface area contributed by atoms with Crippen molar-refractivity contribution in [2.45, 2.75) is 37.4 Å². The van der Waals surface area contributed by atoms with Gasteiger partial charge < -0.3 is 10.2 Å². The molecule has 2 aromatic carbocycles. The molecule has 3 amide bonds. The van der Waals surface area contributed by atoms with Crippen molar-refractivity contribution < 1.29 is 14.4 Å². The quantitative estimate of drug-likeness (QED) is 0.632. The maximum absolute atomic E-state index is 12.9. The van der Waals surface area contributed by atoms with Gasteiger partial charge in [0.1, 0.15) is 0 Å². The number of carbonyl (C=O) groups excluding carboxylic acids is 3. The Hall–Kier alpha value is -2.51. The van der Waals surface area contributed by atoms with Crippen LogP contribution in [0.1, 0.15) is 40.7 Å². The molecular weight excluding hydrogens is 446 g/mol. The Morgan fingerprint density at radius 2 is 1.78 bits per heavy atom. The van der Waals surface area contributed by atoms with Crippen LogP contribution in [0.4, 0.5) is 10.5 Å². The predicted molar refractivity (Wildman–Crippen MR) is 129 cm³/mol. The lowest BCUT2D eigenvalue weighted by molar-refractivity contribution is -0.118. The first kappa shape index (κ1) is 22.7. The lowest BCUT2D eigenvalue weighted by atomic mass is 10.0. The van der Waals surface area contributed by atoms with Crippen LogP contribution in [0.2, 0.25) is 5.02 Å². The molecule has 0 aromatic heterocycles. The Balaban J connectivity index is 1.32. The van der Waals surface area contributed by atoms with Gasteiger partial charge in [-0.15, -0.1) is 0 Å². The van der Waals surface area contributed by atoms with Crippen LogP contribution < -0.4 is 15.5 Å². The molecule has 0 bridgehead atoms. The van der Waals surface area contributed by atoms with Crippen LogP contribution in [0, 0.1) is 0 Å². The summed E-state index contributed by atoms with van der Waals surface area (Å²) in [5.41, 5.74) is 3.67. The van der Waals surface area contributed by atoms with Crippen LogP contribution >= 0.6 is 23.4 Å². The zero-order valence-corrected chi connectivity index (χ0v) is 19.3. The standard InChI is InChI=1S/C24H26ClN3O3S/c25-18-8-9-20(28-12-2-1-3-13-28)19(15-18)22(29)26-11-10-16-4-6-17(7-5-16)14-21-23(30)27-24(31)32-21/h4-9,15,21H,1-3,10-14H2,(H,26,29)(H,27,30,31)/t21-/m0/s1. The van der Waals surface area contributed by atoms with Gasteiger partial charge in [-0.2, -0.15) is 0 Å². The molecule has 2 aliphatic rings. The Morgan fingerprint density at radius 3 is 2.47 bits per heavy atom. The summed E-state index contributed by atoms with van der Waals surface area (Å²) in [6.45, 7) is 2.44. The molecule has 0 unspecified atom stereocenters. The van der Waals surface area contributed by atoms with E-state index < -0.39 is 0 Å². The van der Waals surface area contributed by atoms with Gasteiger partial charge in [-0.05, 0) is 61.4 Å². The van der Waals surface area contributed by atoms with Crippen LogP contribution in [0.3, 0.4) is 0 Å². The Labute approximate surface area is 197 Å². The van der Waals surface area contributed by atoms with E-state index in [1.807, 2.05) is 36.4 Å². The Kier molecular flexibility index (Phi) is 7.37. The highest BCUT2D eigenvalue weighted by Gasteiger charge is 2.31. The molecule has 32 heavy (non-hydrogen) atoms. The van der Waals surface area contributed by atoms with Crippen molar-refractivity contribution in [2.24, 2.45) is 0 Å². The van der Waals surface area contributed by atoms with E-state index in [-0.39, 0.29) is 22.3 Å². The largest absolute Gasteiger partial charge is 0.371 e. The van der Waals surface area contributed by atoms with Gasteiger partial charge in [-0.1, -0.05) is 47.6 Å². The number of amides is 3. The van der Waals surface area contributed by atoms with E-state index in [9.17, 15) is 14.4 Å². The molecule has 6 nitrogen and oxygen atoms in total. The van der Waals surface area contributed by atoms with Crippen molar-refractivity contribution >= 4 is 46.1 Å². The third kappa shape index (κ3) is 5.64. The monoisotopic (exact) mass is 471 g/mol. The number of halogens is 1. The topological polar surface area (TPSA) is 78.5 Å². The summed E-state index contributed by atoms with van der Waals surface area (Å²) in [5, 5.41) is 5.25. The number of imide groups is 1. The molecule has 2 N–H and O–H groups in total. The molecule has 2 aliphatic heterocycles.